The van der Waals surface area contributed by atoms with Crippen LogP contribution in [0.2, 0.25) is 0 Å². The van der Waals surface area contributed by atoms with Crippen molar-refractivity contribution >= 4 is 0 Å². The topological polar surface area (TPSA) is 29.5 Å². The molecule has 0 saturated carbocycles. The number of aliphatic hydroxyl groups is 1. The van der Waals surface area contributed by atoms with Crippen molar-refractivity contribution in [3.05, 3.63) is 0 Å². The van der Waals surface area contributed by atoms with E-state index in [1.54, 1.807) is 0 Å². The predicted molar refractivity (Wildman–Crippen MR) is 55.8 cm³/mol. The first-order valence-electron chi connectivity index (χ1n) is 5.46. The van der Waals surface area contributed by atoms with Gasteiger partial charge in [-0.1, -0.05) is 26.7 Å². The van der Waals surface area contributed by atoms with E-state index in [1.165, 1.54) is 12.8 Å². The van der Waals surface area contributed by atoms with Gasteiger partial charge in [0.05, 0.1) is 6.10 Å². The standard InChI is InChI=1S/C11H24O2/c1-4-6-10(3)9-11(12)7-8-13-5-2/h10-12H,4-9H2,1-3H3. The predicted octanol–water partition coefficient (Wildman–Crippen LogP) is 2.60. The van der Waals surface area contributed by atoms with Gasteiger partial charge in [-0.25, -0.2) is 0 Å². The summed E-state index contributed by atoms with van der Waals surface area (Å²) in [5, 5.41) is 9.59. The molecule has 0 bridgehead atoms. The highest BCUT2D eigenvalue weighted by atomic mass is 16.5. The van der Waals surface area contributed by atoms with Crippen LogP contribution in [0.25, 0.3) is 0 Å². The number of rotatable bonds is 8. The lowest BCUT2D eigenvalue weighted by Crippen LogP contribution is -2.14. The van der Waals surface area contributed by atoms with Crippen molar-refractivity contribution in [3.63, 3.8) is 0 Å². The Hall–Kier alpha value is -0.0800. The maximum Gasteiger partial charge on any atom is 0.0564 e. The van der Waals surface area contributed by atoms with Gasteiger partial charge in [-0.2, -0.15) is 0 Å². The molecule has 2 heteroatoms. The second kappa shape index (κ2) is 8.52. The zero-order valence-corrected chi connectivity index (χ0v) is 9.25. The molecule has 1 N–H and O–H groups in total. The highest BCUT2D eigenvalue weighted by Gasteiger charge is 2.09. The Labute approximate surface area is 82.3 Å². The molecular formula is C11H24O2. The molecule has 0 aromatic carbocycles. The third kappa shape index (κ3) is 8.26. The molecule has 13 heavy (non-hydrogen) atoms. The fourth-order valence-electron chi connectivity index (χ4n) is 1.56. The summed E-state index contributed by atoms with van der Waals surface area (Å²) >= 11 is 0. The van der Waals surface area contributed by atoms with Crippen LogP contribution in [0.1, 0.15) is 46.5 Å². The maximum atomic E-state index is 9.59. The van der Waals surface area contributed by atoms with E-state index in [9.17, 15) is 5.11 Å². The van der Waals surface area contributed by atoms with Gasteiger partial charge in [-0.05, 0) is 25.7 Å². The molecule has 0 saturated heterocycles. The quantitative estimate of drug-likeness (QED) is 0.593. The van der Waals surface area contributed by atoms with Crippen LogP contribution in [0.4, 0.5) is 0 Å². The lowest BCUT2D eigenvalue weighted by Gasteiger charge is -2.15. The Balaban J connectivity index is 3.32. The van der Waals surface area contributed by atoms with Crippen molar-refractivity contribution in [2.75, 3.05) is 13.2 Å². The van der Waals surface area contributed by atoms with Crippen molar-refractivity contribution in [2.24, 2.45) is 5.92 Å². The Morgan fingerprint density at radius 3 is 2.46 bits per heavy atom. The van der Waals surface area contributed by atoms with Gasteiger partial charge in [0.1, 0.15) is 0 Å². The first-order valence-corrected chi connectivity index (χ1v) is 5.46. The normalized spacial score (nSPS) is 15.7. The molecule has 0 rings (SSSR count). The van der Waals surface area contributed by atoms with Crippen molar-refractivity contribution in [1.29, 1.82) is 0 Å². The third-order valence-corrected chi connectivity index (χ3v) is 2.26. The average molecular weight is 188 g/mol. The molecule has 0 aliphatic heterocycles. The summed E-state index contributed by atoms with van der Waals surface area (Å²) in [4.78, 5) is 0. The smallest absolute Gasteiger partial charge is 0.0564 e. The summed E-state index contributed by atoms with van der Waals surface area (Å²) in [5.41, 5.74) is 0. The average Bonchev–Trinajstić information content (AvgIpc) is 2.05. The van der Waals surface area contributed by atoms with Crippen LogP contribution >= 0.6 is 0 Å². The molecule has 0 radical (unpaired) electrons. The van der Waals surface area contributed by atoms with E-state index in [0.717, 1.165) is 19.4 Å². The highest BCUT2D eigenvalue weighted by Crippen LogP contribution is 2.14. The first kappa shape index (κ1) is 12.9. The second-order valence-electron chi connectivity index (χ2n) is 3.77. The number of ether oxygens (including phenoxy) is 1. The Morgan fingerprint density at radius 2 is 1.92 bits per heavy atom. The molecule has 0 fully saturated rings. The van der Waals surface area contributed by atoms with Crippen LogP contribution in [0.15, 0.2) is 0 Å². The summed E-state index contributed by atoms with van der Waals surface area (Å²) in [6, 6.07) is 0. The van der Waals surface area contributed by atoms with Gasteiger partial charge in [0.15, 0.2) is 0 Å². The molecule has 80 valence electrons. The van der Waals surface area contributed by atoms with Gasteiger partial charge in [-0.3, -0.25) is 0 Å². The van der Waals surface area contributed by atoms with E-state index >= 15 is 0 Å². The van der Waals surface area contributed by atoms with Crippen molar-refractivity contribution in [1.82, 2.24) is 0 Å². The minimum absolute atomic E-state index is 0.173. The van der Waals surface area contributed by atoms with E-state index in [-0.39, 0.29) is 6.10 Å². The highest BCUT2D eigenvalue weighted by molar-refractivity contribution is 4.61. The summed E-state index contributed by atoms with van der Waals surface area (Å²) in [6.45, 7) is 7.80. The zero-order chi connectivity index (χ0) is 10.1. The van der Waals surface area contributed by atoms with Crippen LogP contribution < -0.4 is 0 Å². The van der Waals surface area contributed by atoms with Crippen molar-refractivity contribution < 1.29 is 9.84 Å². The van der Waals surface area contributed by atoms with Gasteiger partial charge in [0, 0.05) is 13.2 Å². The van der Waals surface area contributed by atoms with Crippen LogP contribution in [-0.4, -0.2) is 24.4 Å². The molecule has 0 aliphatic carbocycles. The number of hydrogen-bond donors (Lipinski definition) is 1. The van der Waals surface area contributed by atoms with Crippen molar-refractivity contribution in [3.8, 4) is 0 Å². The third-order valence-electron chi connectivity index (χ3n) is 2.26. The lowest BCUT2D eigenvalue weighted by atomic mass is 9.97. The molecule has 0 spiro atoms. The minimum Gasteiger partial charge on any atom is -0.393 e. The van der Waals surface area contributed by atoms with Gasteiger partial charge in [-0.15, -0.1) is 0 Å². The lowest BCUT2D eigenvalue weighted by molar-refractivity contribution is 0.0756. The Morgan fingerprint density at radius 1 is 1.23 bits per heavy atom. The summed E-state index contributed by atoms with van der Waals surface area (Å²) in [6.07, 6.45) is 3.95. The van der Waals surface area contributed by atoms with E-state index in [1.807, 2.05) is 6.92 Å². The van der Waals surface area contributed by atoms with E-state index < -0.39 is 0 Å². The van der Waals surface area contributed by atoms with Crippen LogP contribution in [0.3, 0.4) is 0 Å². The minimum atomic E-state index is -0.173. The van der Waals surface area contributed by atoms with Crippen molar-refractivity contribution in [2.45, 2.75) is 52.6 Å². The van der Waals surface area contributed by atoms with Crippen LogP contribution in [-0.2, 0) is 4.74 Å². The largest absolute Gasteiger partial charge is 0.393 e. The summed E-state index contributed by atoms with van der Waals surface area (Å²) in [5.74, 6) is 0.640. The second-order valence-corrected chi connectivity index (χ2v) is 3.77. The molecule has 2 nitrogen and oxygen atoms in total. The Kier molecular flexibility index (Phi) is 8.46. The molecule has 0 amide bonds. The molecule has 0 aromatic heterocycles. The molecule has 0 aliphatic rings. The van der Waals surface area contributed by atoms with Gasteiger partial charge >= 0.3 is 0 Å². The maximum absolute atomic E-state index is 9.59. The molecule has 2 unspecified atom stereocenters. The zero-order valence-electron chi connectivity index (χ0n) is 9.25. The Bertz CT molecular complexity index is 104. The monoisotopic (exact) mass is 188 g/mol. The number of aliphatic hydroxyl groups excluding tert-OH is 1. The van der Waals surface area contributed by atoms with Gasteiger partial charge < -0.3 is 9.84 Å². The fraction of sp³-hybridized carbons (Fsp3) is 1.00. The van der Waals surface area contributed by atoms with E-state index in [0.29, 0.717) is 12.5 Å². The first-order chi connectivity index (χ1) is 6.20. The number of hydrogen-bond acceptors (Lipinski definition) is 2. The summed E-state index contributed by atoms with van der Waals surface area (Å²) in [7, 11) is 0. The fourth-order valence-corrected chi connectivity index (χ4v) is 1.56. The van der Waals surface area contributed by atoms with Crippen LogP contribution in [0.5, 0.6) is 0 Å². The van der Waals surface area contributed by atoms with Crippen LogP contribution in [0, 0.1) is 5.92 Å². The molecular weight excluding hydrogens is 164 g/mol. The van der Waals surface area contributed by atoms with Gasteiger partial charge in [0.25, 0.3) is 0 Å². The van der Waals surface area contributed by atoms with Gasteiger partial charge in [0.2, 0.25) is 0 Å². The van der Waals surface area contributed by atoms with E-state index in [2.05, 4.69) is 13.8 Å². The molecule has 0 aromatic rings. The molecule has 0 heterocycles. The SMILES string of the molecule is CCCC(C)CC(O)CCOCC. The molecule has 2 atom stereocenters. The summed E-state index contributed by atoms with van der Waals surface area (Å²) < 4.78 is 5.19. The van der Waals surface area contributed by atoms with E-state index in [4.69, 9.17) is 4.74 Å².